The summed E-state index contributed by atoms with van der Waals surface area (Å²) in [4.78, 5) is 28.1. The van der Waals surface area contributed by atoms with Crippen LogP contribution in [0.25, 0.3) is 11.4 Å². The van der Waals surface area contributed by atoms with Gasteiger partial charge in [-0.05, 0) is 26.2 Å². The number of ether oxygens (including phenoxy) is 1. The molecule has 2 aromatic rings. The van der Waals surface area contributed by atoms with Gasteiger partial charge in [0.25, 0.3) is 0 Å². The number of imidazole rings is 1. The highest BCUT2D eigenvalue weighted by atomic mass is 16.6. The zero-order valence-electron chi connectivity index (χ0n) is 15.0. The minimum Gasteiger partial charge on any atom is -0.444 e. The molecule has 0 fully saturated rings. The first-order valence-electron chi connectivity index (χ1n) is 7.87. The maximum absolute atomic E-state index is 12.2. The fraction of sp³-hybridized carbons (Fsp3) is 0.529. The maximum atomic E-state index is 12.2. The first-order valence-corrected chi connectivity index (χ1v) is 7.87. The van der Waals surface area contributed by atoms with Gasteiger partial charge in [0.05, 0.1) is 24.1 Å². The molecule has 0 aliphatic carbocycles. The third-order valence-electron chi connectivity index (χ3n) is 3.24. The van der Waals surface area contributed by atoms with Gasteiger partial charge in [-0.2, -0.15) is 0 Å². The van der Waals surface area contributed by atoms with Crippen LogP contribution in [0, 0.1) is 5.41 Å². The summed E-state index contributed by atoms with van der Waals surface area (Å²) in [6.45, 7) is 11.6. The van der Waals surface area contributed by atoms with Crippen molar-refractivity contribution >= 4 is 6.09 Å². The second-order valence-electron chi connectivity index (χ2n) is 7.72. The lowest BCUT2D eigenvalue weighted by Gasteiger charge is -2.31. The van der Waals surface area contributed by atoms with Crippen LogP contribution in [0.4, 0.5) is 4.79 Å². The van der Waals surface area contributed by atoms with Gasteiger partial charge in [0, 0.05) is 12.4 Å². The van der Waals surface area contributed by atoms with Gasteiger partial charge in [0.15, 0.2) is 0 Å². The van der Waals surface area contributed by atoms with Crippen molar-refractivity contribution in [3.05, 3.63) is 30.6 Å². The van der Waals surface area contributed by atoms with Gasteiger partial charge < -0.3 is 15.0 Å². The monoisotopic (exact) mass is 331 g/mol. The van der Waals surface area contributed by atoms with E-state index >= 15 is 0 Å². The number of rotatable bonds is 3. The van der Waals surface area contributed by atoms with Gasteiger partial charge in [-0.15, -0.1) is 0 Å². The topological polar surface area (TPSA) is 92.8 Å². The van der Waals surface area contributed by atoms with Gasteiger partial charge in [-0.1, -0.05) is 20.8 Å². The van der Waals surface area contributed by atoms with E-state index in [4.69, 9.17) is 4.74 Å². The Morgan fingerprint density at radius 2 is 1.83 bits per heavy atom. The largest absolute Gasteiger partial charge is 0.444 e. The van der Waals surface area contributed by atoms with Crippen LogP contribution < -0.4 is 5.32 Å². The van der Waals surface area contributed by atoms with E-state index in [0.29, 0.717) is 11.5 Å². The third kappa shape index (κ3) is 4.78. The molecule has 2 N–H and O–H groups in total. The summed E-state index contributed by atoms with van der Waals surface area (Å²) in [5.41, 5.74) is 0.633. The van der Waals surface area contributed by atoms with E-state index in [-0.39, 0.29) is 11.5 Å². The molecule has 0 aliphatic heterocycles. The van der Waals surface area contributed by atoms with Crippen molar-refractivity contribution in [1.82, 2.24) is 25.3 Å². The van der Waals surface area contributed by atoms with E-state index in [9.17, 15) is 4.79 Å². The number of alkyl carbamates (subject to hydrolysis) is 1. The smallest absolute Gasteiger partial charge is 0.408 e. The van der Waals surface area contributed by atoms with Crippen LogP contribution in [0.5, 0.6) is 0 Å². The average Bonchev–Trinajstić information content (AvgIpc) is 2.92. The second-order valence-corrected chi connectivity index (χ2v) is 7.72. The van der Waals surface area contributed by atoms with Gasteiger partial charge in [-0.3, -0.25) is 9.97 Å². The van der Waals surface area contributed by atoms with Crippen LogP contribution in [0.3, 0.4) is 0 Å². The van der Waals surface area contributed by atoms with Crippen molar-refractivity contribution in [3.63, 3.8) is 0 Å². The number of carbonyl (C=O) groups is 1. The Bertz CT molecular complexity index is 683. The summed E-state index contributed by atoms with van der Waals surface area (Å²) in [6.07, 6.45) is 6.11. The van der Waals surface area contributed by atoms with Gasteiger partial charge in [-0.25, -0.2) is 9.78 Å². The SMILES string of the molecule is CC(C)(C)OC(=O)N[C@H](c1ncc(-c2cnccn2)[nH]1)C(C)(C)C. The number of carbonyl (C=O) groups excluding carboxylic acids is 1. The Kier molecular flexibility index (Phi) is 4.91. The normalized spacial score (nSPS) is 13.4. The lowest BCUT2D eigenvalue weighted by atomic mass is 9.86. The molecule has 0 aliphatic rings. The van der Waals surface area contributed by atoms with Gasteiger partial charge >= 0.3 is 6.09 Å². The van der Waals surface area contributed by atoms with Crippen molar-refractivity contribution in [3.8, 4) is 11.4 Å². The summed E-state index contributed by atoms with van der Waals surface area (Å²) in [5.74, 6) is 0.647. The molecule has 0 saturated carbocycles. The minimum absolute atomic E-state index is 0.256. The van der Waals surface area contributed by atoms with E-state index in [1.165, 1.54) is 0 Å². The molecule has 130 valence electrons. The maximum Gasteiger partial charge on any atom is 0.408 e. The average molecular weight is 331 g/mol. The van der Waals surface area contributed by atoms with E-state index < -0.39 is 11.7 Å². The van der Waals surface area contributed by atoms with Crippen LogP contribution in [0.15, 0.2) is 24.8 Å². The molecule has 0 radical (unpaired) electrons. The molecule has 0 saturated heterocycles. The highest BCUT2D eigenvalue weighted by Crippen LogP contribution is 2.32. The van der Waals surface area contributed by atoms with Crippen LogP contribution in [-0.4, -0.2) is 31.6 Å². The van der Waals surface area contributed by atoms with Crippen LogP contribution in [0.2, 0.25) is 0 Å². The highest BCUT2D eigenvalue weighted by Gasteiger charge is 2.32. The van der Waals surface area contributed by atoms with E-state index in [2.05, 4.69) is 25.3 Å². The summed E-state index contributed by atoms with van der Waals surface area (Å²) in [5, 5.41) is 2.90. The number of nitrogens with one attached hydrogen (secondary N) is 2. The van der Waals surface area contributed by atoms with Crippen molar-refractivity contribution in [2.24, 2.45) is 5.41 Å². The quantitative estimate of drug-likeness (QED) is 0.898. The molecule has 0 bridgehead atoms. The fourth-order valence-electron chi connectivity index (χ4n) is 2.17. The molecule has 7 heteroatoms. The number of amides is 1. The Labute approximate surface area is 142 Å². The Morgan fingerprint density at radius 3 is 2.38 bits per heavy atom. The Hall–Kier alpha value is -2.44. The molecule has 0 aromatic carbocycles. The number of aromatic amines is 1. The Balaban J connectivity index is 2.23. The fourth-order valence-corrected chi connectivity index (χ4v) is 2.17. The lowest BCUT2D eigenvalue weighted by Crippen LogP contribution is -2.40. The Morgan fingerprint density at radius 1 is 1.12 bits per heavy atom. The lowest BCUT2D eigenvalue weighted by molar-refractivity contribution is 0.0458. The van der Waals surface area contributed by atoms with Crippen molar-refractivity contribution in [2.45, 2.75) is 53.2 Å². The molecule has 1 atom stereocenters. The molecule has 0 unspecified atom stereocenters. The van der Waals surface area contributed by atoms with Gasteiger partial charge in [0.2, 0.25) is 0 Å². The standard InChI is InChI=1S/C17H25N5O2/c1-16(2,3)13(22-15(23)24-17(4,5)6)14-20-10-12(21-14)11-9-18-7-8-19-11/h7-10,13H,1-6H3,(H,20,21)(H,22,23)/t13-/m1/s1. The number of hydrogen-bond acceptors (Lipinski definition) is 5. The first-order chi connectivity index (χ1) is 11.1. The summed E-state index contributed by atoms with van der Waals surface area (Å²) < 4.78 is 5.36. The molecule has 2 rings (SSSR count). The summed E-state index contributed by atoms with van der Waals surface area (Å²) >= 11 is 0. The third-order valence-corrected chi connectivity index (χ3v) is 3.24. The second kappa shape index (κ2) is 6.59. The van der Waals surface area contributed by atoms with E-state index in [0.717, 1.165) is 5.69 Å². The predicted octanol–water partition coefficient (Wildman–Crippen LogP) is 3.48. The summed E-state index contributed by atoms with van der Waals surface area (Å²) in [7, 11) is 0. The van der Waals surface area contributed by atoms with Crippen LogP contribution in [0.1, 0.15) is 53.4 Å². The molecule has 2 heterocycles. The van der Waals surface area contributed by atoms with Crippen LogP contribution >= 0.6 is 0 Å². The molecular formula is C17H25N5O2. The van der Waals surface area contributed by atoms with Crippen molar-refractivity contribution in [2.75, 3.05) is 0 Å². The summed E-state index contributed by atoms with van der Waals surface area (Å²) in [6, 6.07) is -0.335. The van der Waals surface area contributed by atoms with Crippen molar-refractivity contribution < 1.29 is 9.53 Å². The van der Waals surface area contributed by atoms with E-state index in [1.54, 1.807) is 24.8 Å². The predicted molar refractivity (Wildman–Crippen MR) is 91.2 cm³/mol. The molecule has 1 amide bonds. The molecular weight excluding hydrogens is 306 g/mol. The number of aromatic nitrogens is 4. The number of nitrogens with zero attached hydrogens (tertiary/aromatic N) is 3. The van der Waals surface area contributed by atoms with Crippen molar-refractivity contribution in [1.29, 1.82) is 0 Å². The minimum atomic E-state index is -0.555. The van der Waals surface area contributed by atoms with E-state index in [1.807, 2.05) is 41.5 Å². The molecule has 7 nitrogen and oxygen atoms in total. The van der Waals surface area contributed by atoms with Crippen LogP contribution in [-0.2, 0) is 4.74 Å². The zero-order valence-corrected chi connectivity index (χ0v) is 15.0. The zero-order chi connectivity index (χ0) is 18.0. The highest BCUT2D eigenvalue weighted by molar-refractivity contribution is 5.68. The molecule has 0 spiro atoms. The number of hydrogen-bond donors (Lipinski definition) is 2. The molecule has 24 heavy (non-hydrogen) atoms. The van der Waals surface area contributed by atoms with Gasteiger partial charge in [0.1, 0.15) is 17.1 Å². The molecule has 2 aromatic heterocycles. The number of H-pyrrole nitrogens is 1. The first kappa shape index (κ1) is 17.9.